The molecule has 1 aromatic carbocycles. The lowest BCUT2D eigenvalue weighted by Gasteiger charge is -2.21. The molecule has 3 heteroatoms. The quantitative estimate of drug-likeness (QED) is 0.867. The Morgan fingerprint density at radius 1 is 1.30 bits per heavy atom. The lowest BCUT2D eigenvalue weighted by Crippen LogP contribution is -2.24. The Labute approximate surface area is 126 Å². The fourth-order valence-electron chi connectivity index (χ4n) is 4.16. The Bertz CT molecular complexity index is 464. The Morgan fingerprint density at radius 3 is 2.60 bits per heavy atom. The minimum absolute atomic E-state index is 0.391. The molecule has 110 valence electrons. The second-order valence-electron chi connectivity index (χ2n) is 6.11. The van der Waals surface area contributed by atoms with Crippen molar-refractivity contribution >= 4 is 11.6 Å². The molecule has 2 fully saturated rings. The molecule has 2 aliphatic rings. The lowest BCUT2D eigenvalue weighted by atomic mass is 9.98. The number of hydrogen-bond acceptors (Lipinski definition) is 2. The highest BCUT2D eigenvalue weighted by Gasteiger charge is 2.54. The molecule has 0 aliphatic heterocycles. The summed E-state index contributed by atoms with van der Waals surface area (Å²) in [5, 5.41) is 4.48. The average Bonchev–Trinajstić information content (AvgIpc) is 3.19. The van der Waals surface area contributed by atoms with Gasteiger partial charge < -0.3 is 10.1 Å². The molecule has 20 heavy (non-hydrogen) atoms. The van der Waals surface area contributed by atoms with Crippen LogP contribution in [0.15, 0.2) is 18.2 Å². The maximum absolute atomic E-state index is 6.21. The standard InChI is InChI=1S/C17H24ClNO/c1-3-19-17(16-12-6-4-5-7-13(12)16)14-10-11(18)8-9-15(14)20-2/h8-10,12-13,16-17,19H,3-7H2,1-2H3. The van der Waals surface area contributed by atoms with Gasteiger partial charge in [-0.1, -0.05) is 31.4 Å². The van der Waals surface area contributed by atoms with Crippen molar-refractivity contribution in [1.29, 1.82) is 0 Å². The van der Waals surface area contributed by atoms with Gasteiger partial charge in [-0.05, 0) is 55.3 Å². The number of rotatable bonds is 5. The first kappa shape index (κ1) is 14.2. The van der Waals surface area contributed by atoms with Crippen LogP contribution in [0, 0.1) is 17.8 Å². The molecule has 3 atom stereocenters. The van der Waals surface area contributed by atoms with Crippen molar-refractivity contribution in [3.63, 3.8) is 0 Å². The van der Waals surface area contributed by atoms with Crippen LogP contribution in [0.1, 0.15) is 44.2 Å². The predicted molar refractivity (Wildman–Crippen MR) is 83.4 cm³/mol. The molecule has 1 N–H and O–H groups in total. The van der Waals surface area contributed by atoms with Crippen molar-refractivity contribution in [2.75, 3.05) is 13.7 Å². The third-order valence-electron chi connectivity index (χ3n) is 5.06. The van der Waals surface area contributed by atoms with Gasteiger partial charge in [-0.2, -0.15) is 0 Å². The average molecular weight is 294 g/mol. The third-order valence-corrected chi connectivity index (χ3v) is 5.29. The van der Waals surface area contributed by atoms with E-state index in [-0.39, 0.29) is 0 Å². The van der Waals surface area contributed by atoms with Crippen LogP contribution in [0.2, 0.25) is 5.02 Å². The van der Waals surface area contributed by atoms with E-state index in [1.165, 1.54) is 31.2 Å². The highest BCUT2D eigenvalue weighted by Crippen LogP contribution is 2.61. The van der Waals surface area contributed by atoms with Crippen LogP contribution in [0.3, 0.4) is 0 Å². The Hall–Kier alpha value is -0.730. The van der Waals surface area contributed by atoms with Gasteiger partial charge in [-0.15, -0.1) is 0 Å². The van der Waals surface area contributed by atoms with E-state index in [1.54, 1.807) is 7.11 Å². The van der Waals surface area contributed by atoms with E-state index in [0.717, 1.165) is 35.1 Å². The number of benzene rings is 1. The van der Waals surface area contributed by atoms with Gasteiger partial charge in [0, 0.05) is 16.6 Å². The minimum atomic E-state index is 0.391. The molecule has 0 heterocycles. The van der Waals surface area contributed by atoms with Crippen LogP contribution in [0.4, 0.5) is 0 Å². The van der Waals surface area contributed by atoms with Gasteiger partial charge in [0.25, 0.3) is 0 Å². The molecule has 0 radical (unpaired) electrons. The maximum Gasteiger partial charge on any atom is 0.123 e. The first-order valence-electron chi connectivity index (χ1n) is 7.83. The summed E-state index contributed by atoms with van der Waals surface area (Å²) in [5.41, 5.74) is 1.24. The molecule has 0 aromatic heterocycles. The Balaban J connectivity index is 1.89. The second-order valence-corrected chi connectivity index (χ2v) is 6.55. The van der Waals surface area contributed by atoms with Crippen molar-refractivity contribution in [3.8, 4) is 5.75 Å². The van der Waals surface area contributed by atoms with Crippen LogP contribution in [0.5, 0.6) is 5.75 Å². The van der Waals surface area contributed by atoms with E-state index in [0.29, 0.717) is 6.04 Å². The number of hydrogen-bond donors (Lipinski definition) is 1. The van der Waals surface area contributed by atoms with Gasteiger partial charge in [-0.3, -0.25) is 0 Å². The molecule has 0 spiro atoms. The molecule has 3 unspecified atom stereocenters. The molecule has 3 rings (SSSR count). The molecular weight excluding hydrogens is 270 g/mol. The zero-order valence-corrected chi connectivity index (χ0v) is 13.1. The minimum Gasteiger partial charge on any atom is -0.496 e. The topological polar surface area (TPSA) is 21.3 Å². The first-order valence-corrected chi connectivity index (χ1v) is 8.21. The van der Waals surface area contributed by atoms with Crippen LogP contribution < -0.4 is 10.1 Å². The van der Waals surface area contributed by atoms with Gasteiger partial charge in [-0.25, -0.2) is 0 Å². The van der Waals surface area contributed by atoms with Crippen molar-refractivity contribution < 1.29 is 4.74 Å². The largest absolute Gasteiger partial charge is 0.496 e. The second kappa shape index (κ2) is 5.95. The zero-order valence-electron chi connectivity index (χ0n) is 12.4. The first-order chi connectivity index (χ1) is 9.76. The molecule has 1 aromatic rings. The summed E-state index contributed by atoms with van der Waals surface area (Å²) in [7, 11) is 1.75. The number of methoxy groups -OCH3 is 1. The summed E-state index contributed by atoms with van der Waals surface area (Å²) in [4.78, 5) is 0. The van der Waals surface area contributed by atoms with Gasteiger partial charge in [0.15, 0.2) is 0 Å². The number of halogens is 1. The molecule has 2 nitrogen and oxygen atoms in total. The van der Waals surface area contributed by atoms with Crippen LogP contribution in [0.25, 0.3) is 0 Å². The maximum atomic E-state index is 6.21. The highest BCUT2D eigenvalue weighted by molar-refractivity contribution is 6.30. The lowest BCUT2D eigenvalue weighted by molar-refractivity contribution is 0.386. The summed E-state index contributed by atoms with van der Waals surface area (Å²) in [6, 6.07) is 6.38. The summed E-state index contributed by atoms with van der Waals surface area (Å²) >= 11 is 6.21. The Morgan fingerprint density at radius 2 is 2.00 bits per heavy atom. The summed E-state index contributed by atoms with van der Waals surface area (Å²) in [6.07, 6.45) is 5.62. The van der Waals surface area contributed by atoms with Gasteiger partial charge >= 0.3 is 0 Å². The number of ether oxygens (including phenoxy) is 1. The van der Waals surface area contributed by atoms with E-state index in [2.05, 4.69) is 18.3 Å². The summed E-state index contributed by atoms with van der Waals surface area (Å²) < 4.78 is 5.56. The van der Waals surface area contributed by atoms with Gasteiger partial charge in [0.2, 0.25) is 0 Å². The van der Waals surface area contributed by atoms with Gasteiger partial charge in [0.05, 0.1) is 7.11 Å². The van der Waals surface area contributed by atoms with E-state index < -0.39 is 0 Å². The van der Waals surface area contributed by atoms with Crippen LogP contribution >= 0.6 is 11.6 Å². The zero-order chi connectivity index (χ0) is 14.1. The summed E-state index contributed by atoms with van der Waals surface area (Å²) in [5.74, 6) is 3.56. The molecule has 2 aliphatic carbocycles. The van der Waals surface area contributed by atoms with E-state index in [4.69, 9.17) is 16.3 Å². The van der Waals surface area contributed by atoms with Crippen molar-refractivity contribution in [1.82, 2.24) is 5.32 Å². The molecule has 0 bridgehead atoms. The van der Waals surface area contributed by atoms with E-state index in [1.807, 2.05) is 12.1 Å². The fourth-order valence-corrected chi connectivity index (χ4v) is 4.34. The molecule has 0 amide bonds. The molecule has 2 saturated carbocycles. The molecular formula is C17H24ClNO. The highest BCUT2D eigenvalue weighted by atomic mass is 35.5. The Kier molecular flexibility index (Phi) is 4.23. The SMILES string of the molecule is CCNC(c1cc(Cl)ccc1OC)C1C2CCCCC21. The van der Waals surface area contributed by atoms with Crippen molar-refractivity contribution in [3.05, 3.63) is 28.8 Å². The van der Waals surface area contributed by atoms with Crippen LogP contribution in [-0.2, 0) is 0 Å². The van der Waals surface area contributed by atoms with E-state index in [9.17, 15) is 0 Å². The summed E-state index contributed by atoms with van der Waals surface area (Å²) in [6.45, 7) is 3.16. The normalized spacial score (nSPS) is 29.6. The fraction of sp³-hybridized carbons (Fsp3) is 0.647. The monoisotopic (exact) mass is 293 g/mol. The smallest absolute Gasteiger partial charge is 0.123 e. The predicted octanol–water partition coefficient (Wildman–Crippen LogP) is 4.44. The van der Waals surface area contributed by atoms with Crippen LogP contribution in [-0.4, -0.2) is 13.7 Å². The van der Waals surface area contributed by atoms with E-state index >= 15 is 0 Å². The molecule has 0 saturated heterocycles. The number of nitrogens with one attached hydrogen (secondary N) is 1. The van der Waals surface area contributed by atoms with Gasteiger partial charge in [0.1, 0.15) is 5.75 Å². The number of fused-ring (bicyclic) bond motifs is 1. The van der Waals surface area contributed by atoms with Crippen molar-refractivity contribution in [2.45, 2.75) is 38.6 Å². The third kappa shape index (κ3) is 2.56. The van der Waals surface area contributed by atoms with Crippen molar-refractivity contribution in [2.24, 2.45) is 17.8 Å².